The molecule has 2 aromatic rings. The number of methoxy groups -OCH3 is 1. The van der Waals surface area contributed by atoms with Gasteiger partial charge in [0.05, 0.1) is 7.11 Å². The second kappa shape index (κ2) is 10.5. The van der Waals surface area contributed by atoms with E-state index in [0.29, 0.717) is 54.6 Å². The molecule has 0 aromatic heterocycles. The quantitative estimate of drug-likeness (QED) is 0.580. The van der Waals surface area contributed by atoms with E-state index in [1.165, 1.54) is 0 Å². The number of nitrogens with one attached hydrogen (secondary N) is 2. The molecule has 0 bridgehead atoms. The van der Waals surface area contributed by atoms with Gasteiger partial charge in [0, 0.05) is 25.3 Å². The second-order valence-corrected chi connectivity index (χ2v) is 6.59. The van der Waals surface area contributed by atoms with Crippen LogP contribution < -0.4 is 24.8 Å². The van der Waals surface area contributed by atoms with Crippen LogP contribution in [0.5, 0.6) is 17.2 Å². The van der Waals surface area contributed by atoms with Crippen LogP contribution in [0.15, 0.2) is 42.5 Å². The Morgan fingerprint density at radius 1 is 1.10 bits per heavy atom. The molecular weight excluding hydrogens is 388 g/mol. The van der Waals surface area contributed by atoms with E-state index in [2.05, 4.69) is 10.6 Å². The molecule has 160 valence electrons. The third-order valence-electron chi connectivity index (χ3n) is 4.59. The molecule has 1 aliphatic heterocycles. The largest absolute Gasteiger partial charge is 0.497 e. The number of ether oxygens (including phenoxy) is 4. The molecule has 0 fully saturated rings. The maximum atomic E-state index is 12.8. The molecule has 0 saturated heterocycles. The SMILES string of the molecule is CCOCCCNC(=O)[C@@H](NC(=O)c1ccc2c(c1)OCO2)c1ccc(OC)cc1. The van der Waals surface area contributed by atoms with Crippen LogP contribution in [0.25, 0.3) is 0 Å². The Morgan fingerprint density at radius 2 is 1.87 bits per heavy atom. The summed E-state index contributed by atoms with van der Waals surface area (Å²) in [5, 5.41) is 5.67. The summed E-state index contributed by atoms with van der Waals surface area (Å²) in [6, 6.07) is 11.0. The lowest BCUT2D eigenvalue weighted by atomic mass is 10.0. The summed E-state index contributed by atoms with van der Waals surface area (Å²) in [7, 11) is 1.57. The van der Waals surface area contributed by atoms with Crippen molar-refractivity contribution in [1.82, 2.24) is 10.6 Å². The number of benzene rings is 2. The van der Waals surface area contributed by atoms with Crippen molar-refractivity contribution < 1.29 is 28.5 Å². The monoisotopic (exact) mass is 414 g/mol. The maximum Gasteiger partial charge on any atom is 0.252 e. The summed E-state index contributed by atoms with van der Waals surface area (Å²) < 4.78 is 21.1. The highest BCUT2D eigenvalue weighted by molar-refractivity contribution is 5.98. The minimum Gasteiger partial charge on any atom is -0.497 e. The van der Waals surface area contributed by atoms with Gasteiger partial charge in [0.15, 0.2) is 11.5 Å². The van der Waals surface area contributed by atoms with Gasteiger partial charge in [-0.2, -0.15) is 0 Å². The highest BCUT2D eigenvalue weighted by Gasteiger charge is 2.24. The summed E-state index contributed by atoms with van der Waals surface area (Å²) in [5.41, 5.74) is 1.02. The van der Waals surface area contributed by atoms with Gasteiger partial charge in [0.1, 0.15) is 11.8 Å². The maximum absolute atomic E-state index is 12.8. The van der Waals surface area contributed by atoms with Gasteiger partial charge in [-0.25, -0.2) is 0 Å². The summed E-state index contributed by atoms with van der Waals surface area (Å²) in [5.74, 6) is 1.07. The van der Waals surface area contributed by atoms with E-state index in [1.54, 1.807) is 49.6 Å². The Labute approximate surface area is 175 Å². The van der Waals surface area contributed by atoms with E-state index < -0.39 is 11.9 Å². The lowest BCUT2D eigenvalue weighted by Crippen LogP contribution is -2.40. The van der Waals surface area contributed by atoms with Crippen molar-refractivity contribution in [3.05, 3.63) is 53.6 Å². The van der Waals surface area contributed by atoms with E-state index in [-0.39, 0.29) is 12.7 Å². The topological polar surface area (TPSA) is 95.1 Å². The summed E-state index contributed by atoms with van der Waals surface area (Å²) in [4.78, 5) is 25.7. The van der Waals surface area contributed by atoms with Crippen LogP contribution in [0.1, 0.15) is 35.3 Å². The number of carbonyl (C=O) groups excluding carboxylic acids is 2. The molecule has 0 aliphatic carbocycles. The predicted octanol–water partition coefficient (Wildman–Crippen LogP) is 2.44. The zero-order valence-corrected chi connectivity index (χ0v) is 17.1. The molecule has 3 rings (SSSR count). The minimum absolute atomic E-state index is 0.124. The van der Waals surface area contributed by atoms with Crippen LogP contribution in [0.3, 0.4) is 0 Å². The average molecular weight is 414 g/mol. The van der Waals surface area contributed by atoms with Crippen LogP contribution >= 0.6 is 0 Å². The van der Waals surface area contributed by atoms with Crippen molar-refractivity contribution in [3.8, 4) is 17.2 Å². The smallest absolute Gasteiger partial charge is 0.252 e. The third-order valence-corrected chi connectivity index (χ3v) is 4.59. The van der Waals surface area contributed by atoms with Crippen molar-refractivity contribution in [2.45, 2.75) is 19.4 Å². The van der Waals surface area contributed by atoms with Crippen molar-refractivity contribution in [3.63, 3.8) is 0 Å². The van der Waals surface area contributed by atoms with E-state index in [9.17, 15) is 9.59 Å². The number of rotatable bonds is 10. The van der Waals surface area contributed by atoms with E-state index >= 15 is 0 Å². The highest BCUT2D eigenvalue weighted by atomic mass is 16.7. The van der Waals surface area contributed by atoms with Crippen LogP contribution in [-0.4, -0.2) is 45.5 Å². The van der Waals surface area contributed by atoms with Gasteiger partial charge in [0.2, 0.25) is 12.7 Å². The molecule has 2 N–H and O–H groups in total. The lowest BCUT2D eigenvalue weighted by Gasteiger charge is -2.19. The van der Waals surface area contributed by atoms with Crippen molar-refractivity contribution >= 4 is 11.8 Å². The molecular formula is C22H26N2O6. The summed E-state index contributed by atoms with van der Waals surface area (Å²) >= 11 is 0. The Hall–Kier alpha value is -3.26. The van der Waals surface area contributed by atoms with Crippen LogP contribution in [0, 0.1) is 0 Å². The molecule has 0 spiro atoms. The lowest BCUT2D eigenvalue weighted by molar-refractivity contribution is -0.123. The number of hydrogen-bond acceptors (Lipinski definition) is 6. The van der Waals surface area contributed by atoms with E-state index in [1.807, 2.05) is 6.92 Å². The molecule has 8 nitrogen and oxygen atoms in total. The first kappa shape index (κ1) is 21.4. The second-order valence-electron chi connectivity index (χ2n) is 6.59. The van der Waals surface area contributed by atoms with Crippen molar-refractivity contribution in [2.75, 3.05) is 33.7 Å². The molecule has 8 heteroatoms. The first-order chi connectivity index (χ1) is 14.6. The molecule has 0 radical (unpaired) electrons. The third kappa shape index (κ3) is 5.42. The Kier molecular flexibility index (Phi) is 7.51. The van der Waals surface area contributed by atoms with E-state index in [0.717, 1.165) is 0 Å². The van der Waals surface area contributed by atoms with Gasteiger partial charge in [0.25, 0.3) is 5.91 Å². The predicted molar refractivity (Wildman–Crippen MR) is 110 cm³/mol. The molecule has 30 heavy (non-hydrogen) atoms. The van der Waals surface area contributed by atoms with Crippen molar-refractivity contribution in [1.29, 1.82) is 0 Å². The van der Waals surface area contributed by atoms with Crippen LogP contribution in [0.4, 0.5) is 0 Å². The van der Waals surface area contributed by atoms with Gasteiger partial charge in [-0.05, 0) is 49.2 Å². The molecule has 2 amide bonds. The molecule has 1 heterocycles. The normalized spacial score (nSPS) is 12.9. The van der Waals surface area contributed by atoms with Gasteiger partial charge < -0.3 is 29.6 Å². The molecule has 0 unspecified atom stereocenters. The first-order valence-electron chi connectivity index (χ1n) is 9.82. The minimum atomic E-state index is -0.860. The number of amides is 2. The standard InChI is InChI=1S/C22H26N2O6/c1-3-28-12-4-11-23-22(26)20(15-5-8-17(27-2)9-6-15)24-21(25)16-7-10-18-19(13-16)30-14-29-18/h5-10,13,20H,3-4,11-12,14H2,1-2H3,(H,23,26)(H,24,25)/t20-/m0/s1. The molecule has 1 aliphatic rings. The fraction of sp³-hybridized carbons (Fsp3) is 0.364. The zero-order chi connectivity index (χ0) is 21.3. The zero-order valence-electron chi connectivity index (χ0n) is 17.1. The Morgan fingerprint density at radius 3 is 2.60 bits per heavy atom. The average Bonchev–Trinajstić information content (AvgIpc) is 3.25. The molecule has 2 aromatic carbocycles. The van der Waals surface area contributed by atoms with Gasteiger partial charge in [-0.3, -0.25) is 9.59 Å². The molecule has 1 atom stereocenters. The van der Waals surface area contributed by atoms with Crippen molar-refractivity contribution in [2.24, 2.45) is 0 Å². The highest BCUT2D eigenvalue weighted by Crippen LogP contribution is 2.32. The fourth-order valence-electron chi connectivity index (χ4n) is 2.98. The Bertz CT molecular complexity index is 868. The van der Waals surface area contributed by atoms with Crippen LogP contribution in [0.2, 0.25) is 0 Å². The van der Waals surface area contributed by atoms with Gasteiger partial charge >= 0.3 is 0 Å². The summed E-state index contributed by atoms with van der Waals surface area (Å²) in [6.07, 6.45) is 0.686. The van der Waals surface area contributed by atoms with Gasteiger partial charge in [-0.15, -0.1) is 0 Å². The summed E-state index contributed by atoms with van der Waals surface area (Å²) in [6.45, 7) is 3.69. The number of carbonyl (C=O) groups is 2. The number of fused-ring (bicyclic) bond motifs is 1. The number of hydrogen-bond donors (Lipinski definition) is 2. The first-order valence-corrected chi connectivity index (χ1v) is 9.82. The Balaban J connectivity index is 1.72. The van der Waals surface area contributed by atoms with Gasteiger partial charge in [-0.1, -0.05) is 12.1 Å². The van der Waals surface area contributed by atoms with E-state index in [4.69, 9.17) is 18.9 Å². The van der Waals surface area contributed by atoms with Crippen LogP contribution in [-0.2, 0) is 9.53 Å². The molecule has 0 saturated carbocycles. The fourth-order valence-corrected chi connectivity index (χ4v) is 2.98.